The van der Waals surface area contributed by atoms with Gasteiger partial charge in [-0.1, -0.05) is 24.3 Å². The van der Waals surface area contributed by atoms with Gasteiger partial charge in [-0.2, -0.15) is 0 Å². The van der Waals surface area contributed by atoms with E-state index in [9.17, 15) is 29.4 Å². The van der Waals surface area contributed by atoms with Gasteiger partial charge in [0.05, 0.1) is 34.9 Å². The first kappa shape index (κ1) is 36.8. The fourth-order valence-corrected chi connectivity index (χ4v) is 6.43. The Kier molecular flexibility index (Phi) is 12.6. The molecule has 0 spiro atoms. The van der Waals surface area contributed by atoms with Crippen LogP contribution in [-0.4, -0.2) is 66.6 Å². The van der Waals surface area contributed by atoms with Crippen molar-refractivity contribution in [2.75, 3.05) is 20.3 Å². The summed E-state index contributed by atoms with van der Waals surface area (Å²) in [4.78, 5) is 52.4. The average Bonchev–Trinajstić information content (AvgIpc) is 2.95. The number of carbonyl (C=O) groups excluding carboxylic acids is 3. The summed E-state index contributed by atoms with van der Waals surface area (Å²) >= 11 is 0. The van der Waals surface area contributed by atoms with Gasteiger partial charge in [-0.15, -0.1) is 6.58 Å². The molecule has 5 atom stereocenters. The fourth-order valence-electron chi connectivity index (χ4n) is 6.43. The van der Waals surface area contributed by atoms with Crippen LogP contribution >= 0.6 is 0 Å². The van der Waals surface area contributed by atoms with Crippen LogP contribution in [0.4, 0.5) is 0 Å². The highest BCUT2D eigenvalue weighted by atomic mass is 16.6. The molecule has 2 rings (SSSR count). The zero-order valence-electron chi connectivity index (χ0n) is 27.2. The van der Waals surface area contributed by atoms with Crippen molar-refractivity contribution >= 4 is 23.9 Å². The molecule has 1 aromatic rings. The van der Waals surface area contributed by atoms with Crippen molar-refractivity contribution < 1.29 is 48.3 Å². The Morgan fingerprint density at radius 2 is 1.45 bits per heavy atom. The van der Waals surface area contributed by atoms with Gasteiger partial charge < -0.3 is 29.2 Å². The van der Waals surface area contributed by atoms with E-state index in [0.29, 0.717) is 18.6 Å². The maximum Gasteiger partial charge on any atom is 0.311 e. The maximum atomic E-state index is 13.3. The minimum Gasteiger partial charge on any atom is -0.490 e. The molecule has 0 bridgehead atoms. The Morgan fingerprint density at radius 3 is 2.00 bits per heavy atom. The Morgan fingerprint density at radius 1 is 0.864 bits per heavy atom. The number of hydrogen-bond donors (Lipinski definition) is 2. The number of ether oxygens (including phenoxy) is 4. The second-order valence-electron chi connectivity index (χ2n) is 13.8. The first-order valence-electron chi connectivity index (χ1n) is 15.1. The number of para-hydroxylation sites is 1. The number of aliphatic hydroxyl groups excluding tert-OH is 1. The number of rotatable bonds is 16. The highest BCUT2D eigenvalue weighted by molar-refractivity contribution is 5.83. The van der Waals surface area contributed by atoms with Crippen LogP contribution in [0.3, 0.4) is 0 Å². The number of aliphatic carboxylic acids is 1. The molecule has 0 radical (unpaired) electrons. The van der Waals surface area contributed by atoms with Crippen molar-refractivity contribution in [3.63, 3.8) is 0 Å². The van der Waals surface area contributed by atoms with Crippen LogP contribution in [0.1, 0.15) is 80.1 Å². The van der Waals surface area contributed by atoms with Crippen LogP contribution in [-0.2, 0) is 33.4 Å². The highest BCUT2D eigenvalue weighted by Crippen LogP contribution is 2.48. The second kappa shape index (κ2) is 15.1. The molecule has 2 N–H and O–H groups in total. The predicted octanol–water partition coefficient (Wildman–Crippen LogP) is 5.36. The number of carboxylic acids is 1. The summed E-state index contributed by atoms with van der Waals surface area (Å²) in [6, 6.07) is 9.08. The molecule has 1 saturated carbocycles. The summed E-state index contributed by atoms with van der Waals surface area (Å²) in [5, 5.41) is 20.9. The molecule has 0 saturated heterocycles. The van der Waals surface area contributed by atoms with Crippen molar-refractivity contribution in [1.29, 1.82) is 0 Å². The van der Waals surface area contributed by atoms with E-state index in [1.807, 2.05) is 18.2 Å². The molecular formula is C34H50O10. The summed E-state index contributed by atoms with van der Waals surface area (Å²) < 4.78 is 21.8. The quantitative estimate of drug-likeness (QED) is 0.107. The van der Waals surface area contributed by atoms with Crippen LogP contribution < -0.4 is 4.74 Å². The average molecular weight is 619 g/mol. The van der Waals surface area contributed by atoms with Gasteiger partial charge in [0, 0.05) is 0 Å². The summed E-state index contributed by atoms with van der Waals surface area (Å²) in [5.74, 6) is -2.32. The zero-order valence-corrected chi connectivity index (χ0v) is 27.2. The summed E-state index contributed by atoms with van der Waals surface area (Å²) in [5.41, 5.74) is -5.48. The minimum atomic E-state index is -1.59. The molecule has 44 heavy (non-hydrogen) atoms. The second-order valence-corrected chi connectivity index (χ2v) is 13.8. The van der Waals surface area contributed by atoms with Crippen LogP contribution in [0, 0.1) is 27.6 Å². The normalized spacial score (nSPS) is 21.6. The number of methoxy groups -OCH3 is 1. The van der Waals surface area contributed by atoms with Gasteiger partial charge in [-0.3, -0.25) is 19.2 Å². The van der Waals surface area contributed by atoms with Crippen molar-refractivity contribution in [2.24, 2.45) is 27.6 Å². The number of hydrogen-bond acceptors (Lipinski definition) is 9. The molecule has 0 aromatic heterocycles. The molecule has 10 heteroatoms. The van der Waals surface area contributed by atoms with E-state index in [-0.39, 0.29) is 38.4 Å². The van der Waals surface area contributed by atoms with Crippen LogP contribution in [0.15, 0.2) is 43.0 Å². The standard InChI is InChI=1S/C34H50O10/c1-9-23-15-16-26(25(35)19-23)44-29(39)32(4,5)20-33(6,27(36)37)22-34(7,30(40)41-8)21-31(2,3)28(38)43-18-17-42-24-13-11-10-12-14-24/h9-14,23,25-26,35H,1,15-22H2,2-8H3,(H,36,37). The lowest BCUT2D eigenvalue weighted by atomic mass is 9.62. The summed E-state index contributed by atoms with van der Waals surface area (Å²) in [6.07, 6.45) is 1.42. The molecule has 1 fully saturated rings. The number of carboxylic acid groups (broad SMARTS) is 1. The Bertz CT molecular complexity index is 1160. The van der Waals surface area contributed by atoms with Gasteiger partial charge in [0.25, 0.3) is 0 Å². The smallest absolute Gasteiger partial charge is 0.311 e. The van der Waals surface area contributed by atoms with Gasteiger partial charge in [0.1, 0.15) is 25.1 Å². The Hall–Kier alpha value is -3.40. The number of carbonyl (C=O) groups is 4. The topological polar surface area (TPSA) is 146 Å². The molecule has 246 valence electrons. The van der Waals surface area contributed by atoms with Crippen molar-refractivity contribution in [3.05, 3.63) is 43.0 Å². The Labute approximate surface area is 261 Å². The number of benzene rings is 1. The van der Waals surface area contributed by atoms with E-state index in [2.05, 4.69) is 6.58 Å². The molecule has 1 aliphatic carbocycles. The van der Waals surface area contributed by atoms with Gasteiger partial charge in [-0.05, 0) is 98.1 Å². The number of allylic oxidation sites excluding steroid dienone is 1. The van der Waals surface area contributed by atoms with Crippen LogP contribution in [0.2, 0.25) is 0 Å². The SMILES string of the molecule is C=CC1CCC(OC(=O)C(C)(C)CC(C)(CC(C)(CC(C)(C)C(=O)OCCOc2ccccc2)C(=O)OC)C(=O)O)C(O)C1. The molecule has 5 unspecified atom stereocenters. The third kappa shape index (κ3) is 9.81. The molecule has 0 amide bonds. The lowest BCUT2D eigenvalue weighted by molar-refractivity contribution is -0.174. The summed E-state index contributed by atoms with van der Waals surface area (Å²) in [6.45, 7) is 13.4. The van der Waals surface area contributed by atoms with E-state index < -0.39 is 57.7 Å². The zero-order chi connectivity index (χ0) is 33.3. The lowest BCUT2D eigenvalue weighted by Crippen LogP contribution is -2.47. The van der Waals surface area contributed by atoms with Crippen molar-refractivity contribution in [3.8, 4) is 5.75 Å². The maximum absolute atomic E-state index is 13.3. The van der Waals surface area contributed by atoms with Gasteiger partial charge in [-0.25, -0.2) is 0 Å². The largest absolute Gasteiger partial charge is 0.490 e. The third-order valence-corrected chi connectivity index (χ3v) is 8.46. The molecular weight excluding hydrogens is 568 g/mol. The molecule has 0 heterocycles. The predicted molar refractivity (Wildman–Crippen MR) is 164 cm³/mol. The fraction of sp³-hybridized carbons (Fsp3) is 0.647. The van der Waals surface area contributed by atoms with Crippen LogP contribution in [0.5, 0.6) is 5.75 Å². The molecule has 10 nitrogen and oxygen atoms in total. The van der Waals surface area contributed by atoms with Gasteiger partial charge >= 0.3 is 23.9 Å². The first-order chi connectivity index (χ1) is 20.4. The molecule has 1 aliphatic rings. The number of aliphatic hydroxyl groups is 1. The minimum absolute atomic E-state index is 0.0147. The van der Waals surface area contributed by atoms with E-state index in [1.165, 1.54) is 14.0 Å². The van der Waals surface area contributed by atoms with Crippen LogP contribution in [0.25, 0.3) is 0 Å². The summed E-state index contributed by atoms with van der Waals surface area (Å²) in [7, 11) is 1.21. The Balaban J connectivity index is 2.15. The monoisotopic (exact) mass is 618 g/mol. The third-order valence-electron chi connectivity index (χ3n) is 8.46. The van der Waals surface area contributed by atoms with E-state index in [0.717, 1.165) is 6.42 Å². The highest BCUT2D eigenvalue weighted by Gasteiger charge is 2.52. The van der Waals surface area contributed by atoms with Crippen molar-refractivity contribution in [1.82, 2.24) is 0 Å². The molecule has 0 aliphatic heterocycles. The van der Waals surface area contributed by atoms with Gasteiger partial charge in [0.15, 0.2) is 0 Å². The first-order valence-corrected chi connectivity index (χ1v) is 15.1. The van der Waals surface area contributed by atoms with E-state index in [1.54, 1.807) is 52.8 Å². The number of esters is 3. The van der Waals surface area contributed by atoms with E-state index >= 15 is 0 Å². The van der Waals surface area contributed by atoms with Gasteiger partial charge in [0.2, 0.25) is 0 Å². The van der Waals surface area contributed by atoms with Crippen molar-refractivity contribution in [2.45, 2.75) is 92.3 Å². The van der Waals surface area contributed by atoms with E-state index in [4.69, 9.17) is 18.9 Å². The molecule has 1 aromatic carbocycles. The lowest BCUT2D eigenvalue weighted by Gasteiger charge is -2.41.